The first-order valence-corrected chi connectivity index (χ1v) is 12.1. The number of para-hydroxylation sites is 1. The van der Waals surface area contributed by atoms with E-state index in [9.17, 15) is 14.4 Å². The second-order valence-electron chi connectivity index (χ2n) is 10.2. The van der Waals surface area contributed by atoms with E-state index < -0.39 is 11.7 Å². The number of imidazole rings is 1. The summed E-state index contributed by atoms with van der Waals surface area (Å²) in [4.78, 5) is 44.0. The average Bonchev–Trinajstić information content (AvgIpc) is 3.20. The van der Waals surface area contributed by atoms with Crippen LogP contribution in [0.15, 0.2) is 42.5 Å². The van der Waals surface area contributed by atoms with Crippen LogP contribution in [-0.2, 0) is 11.3 Å². The molecule has 1 aromatic heterocycles. The van der Waals surface area contributed by atoms with Crippen LogP contribution in [0.3, 0.4) is 0 Å². The molecule has 182 valence electrons. The maximum Gasteiger partial charge on any atom is 0.407 e. The Morgan fingerprint density at radius 1 is 1.03 bits per heavy atom. The third-order valence-corrected chi connectivity index (χ3v) is 6.52. The number of benzene rings is 2. The van der Waals surface area contributed by atoms with E-state index in [-0.39, 0.29) is 17.7 Å². The van der Waals surface area contributed by atoms with E-state index >= 15 is 0 Å². The number of likely N-dealkylation sites (tertiary alicyclic amines) is 1. The normalized spacial score (nSPS) is 16.4. The molecule has 2 amide bonds. The van der Waals surface area contributed by atoms with E-state index in [0.29, 0.717) is 44.5 Å². The Morgan fingerprint density at radius 2 is 1.74 bits per heavy atom. The SMILES string of the molecule is CC(C)(C)OC(=O)NC1CCN(C(=O)c2ccc(-c3nc4cccc5c4n3CCC5=O)cc2)CC1. The van der Waals surface area contributed by atoms with Gasteiger partial charge < -0.3 is 19.5 Å². The number of alkyl carbamates (subject to hydrolysis) is 1. The Bertz CT molecular complexity index is 1300. The van der Waals surface area contributed by atoms with Crippen molar-refractivity contribution >= 4 is 28.8 Å². The number of carbonyl (C=O) groups excluding carboxylic acids is 3. The molecule has 3 heterocycles. The zero-order chi connectivity index (χ0) is 24.7. The summed E-state index contributed by atoms with van der Waals surface area (Å²) in [5.74, 6) is 0.948. The molecule has 3 aromatic rings. The molecule has 1 saturated heterocycles. The van der Waals surface area contributed by atoms with Gasteiger partial charge in [0.25, 0.3) is 5.91 Å². The molecule has 35 heavy (non-hydrogen) atoms. The number of nitrogens with one attached hydrogen (secondary N) is 1. The minimum atomic E-state index is -0.534. The number of hydrogen-bond donors (Lipinski definition) is 1. The van der Waals surface area contributed by atoms with Crippen LogP contribution in [0.2, 0.25) is 0 Å². The summed E-state index contributed by atoms with van der Waals surface area (Å²) in [5.41, 5.74) is 3.43. The number of Topliss-reactive ketones (excluding diaryl/α,β-unsaturated/α-hetero) is 1. The number of amides is 2. The van der Waals surface area contributed by atoms with Gasteiger partial charge in [-0.1, -0.05) is 18.2 Å². The minimum absolute atomic E-state index is 0.000368. The van der Waals surface area contributed by atoms with Gasteiger partial charge in [-0.3, -0.25) is 9.59 Å². The quantitative estimate of drug-likeness (QED) is 0.607. The zero-order valence-electron chi connectivity index (χ0n) is 20.3. The van der Waals surface area contributed by atoms with Crippen molar-refractivity contribution in [2.45, 2.75) is 58.2 Å². The number of aryl methyl sites for hydroxylation is 1. The topological polar surface area (TPSA) is 93.5 Å². The van der Waals surface area contributed by atoms with E-state index in [1.807, 2.05) is 68.1 Å². The second kappa shape index (κ2) is 8.83. The molecule has 0 aliphatic carbocycles. The van der Waals surface area contributed by atoms with Crippen molar-refractivity contribution in [3.05, 3.63) is 53.6 Å². The van der Waals surface area contributed by atoms with Crippen molar-refractivity contribution in [2.24, 2.45) is 0 Å². The van der Waals surface area contributed by atoms with Gasteiger partial charge in [0.15, 0.2) is 5.78 Å². The lowest BCUT2D eigenvalue weighted by Crippen LogP contribution is -2.47. The van der Waals surface area contributed by atoms with Crippen LogP contribution in [0.1, 0.15) is 60.7 Å². The maximum absolute atomic E-state index is 13.1. The Morgan fingerprint density at radius 3 is 2.43 bits per heavy atom. The Kier molecular flexibility index (Phi) is 5.83. The van der Waals surface area contributed by atoms with Gasteiger partial charge in [0.1, 0.15) is 11.4 Å². The molecule has 5 rings (SSSR count). The molecule has 8 nitrogen and oxygen atoms in total. The van der Waals surface area contributed by atoms with Crippen molar-refractivity contribution in [1.82, 2.24) is 19.8 Å². The molecule has 2 aliphatic heterocycles. The minimum Gasteiger partial charge on any atom is -0.444 e. The van der Waals surface area contributed by atoms with Gasteiger partial charge in [0, 0.05) is 48.8 Å². The van der Waals surface area contributed by atoms with Gasteiger partial charge in [-0.2, -0.15) is 0 Å². The number of carbonyl (C=O) groups is 3. The number of ether oxygens (including phenoxy) is 1. The highest BCUT2D eigenvalue weighted by Crippen LogP contribution is 2.31. The van der Waals surface area contributed by atoms with Crippen LogP contribution in [0.4, 0.5) is 4.79 Å². The molecule has 2 aromatic carbocycles. The second-order valence-corrected chi connectivity index (χ2v) is 10.2. The first kappa shape index (κ1) is 23.1. The third kappa shape index (κ3) is 4.65. The van der Waals surface area contributed by atoms with Crippen molar-refractivity contribution in [3.63, 3.8) is 0 Å². The summed E-state index contributed by atoms with van der Waals surface area (Å²) in [6.45, 7) is 7.27. The van der Waals surface area contributed by atoms with Crippen LogP contribution in [0, 0.1) is 0 Å². The van der Waals surface area contributed by atoms with Crippen LogP contribution >= 0.6 is 0 Å². The number of hydrogen-bond acceptors (Lipinski definition) is 5. The lowest BCUT2D eigenvalue weighted by molar-refractivity contribution is 0.0473. The molecule has 0 bridgehead atoms. The molecular formula is C27H30N4O4. The number of rotatable bonds is 3. The molecule has 1 fully saturated rings. The lowest BCUT2D eigenvalue weighted by atomic mass is 10.0. The fraction of sp³-hybridized carbons (Fsp3) is 0.407. The summed E-state index contributed by atoms with van der Waals surface area (Å²) in [6.07, 6.45) is 1.42. The zero-order valence-corrected chi connectivity index (χ0v) is 20.3. The lowest BCUT2D eigenvalue weighted by Gasteiger charge is -2.33. The van der Waals surface area contributed by atoms with E-state index in [1.165, 1.54) is 0 Å². The number of ketones is 1. The molecular weight excluding hydrogens is 444 g/mol. The highest BCUT2D eigenvalue weighted by molar-refractivity contribution is 6.08. The first-order chi connectivity index (χ1) is 16.7. The summed E-state index contributed by atoms with van der Waals surface area (Å²) in [7, 11) is 0. The monoisotopic (exact) mass is 474 g/mol. The Balaban J connectivity index is 1.25. The molecule has 0 spiro atoms. The Labute approximate surface area is 204 Å². The summed E-state index contributed by atoms with van der Waals surface area (Å²) in [5, 5.41) is 2.90. The van der Waals surface area contributed by atoms with Crippen molar-refractivity contribution in [1.29, 1.82) is 0 Å². The highest BCUT2D eigenvalue weighted by atomic mass is 16.6. The van der Waals surface area contributed by atoms with Crippen LogP contribution < -0.4 is 5.32 Å². The summed E-state index contributed by atoms with van der Waals surface area (Å²) in [6, 6.07) is 13.2. The predicted molar refractivity (Wildman–Crippen MR) is 132 cm³/mol. The van der Waals surface area contributed by atoms with E-state index in [2.05, 4.69) is 9.88 Å². The smallest absolute Gasteiger partial charge is 0.407 e. The van der Waals surface area contributed by atoms with Gasteiger partial charge in [0.2, 0.25) is 0 Å². The van der Waals surface area contributed by atoms with E-state index in [4.69, 9.17) is 9.72 Å². The van der Waals surface area contributed by atoms with Gasteiger partial charge in [-0.25, -0.2) is 9.78 Å². The number of aromatic nitrogens is 2. The number of piperidine rings is 1. The molecule has 1 N–H and O–H groups in total. The Hall–Kier alpha value is -3.68. The predicted octanol–water partition coefficient (Wildman–Crippen LogP) is 4.42. The molecule has 0 atom stereocenters. The van der Waals surface area contributed by atoms with Gasteiger partial charge in [-0.05, 0) is 57.9 Å². The fourth-order valence-corrected chi connectivity index (χ4v) is 4.84. The molecule has 0 radical (unpaired) electrons. The van der Waals surface area contributed by atoms with Crippen molar-refractivity contribution < 1.29 is 19.1 Å². The van der Waals surface area contributed by atoms with Crippen LogP contribution in [-0.4, -0.2) is 57.0 Å². The highest BCUT2D eigenvalue weighted by Gasteiger charge is 2.27. The summed E-state index contributed by atoms with van der Waals surface area (Å²) < 4.78 is 7.43. The van der Waals surface area contributed by atoms with Gasteiger partial charge >= 0.3 is 6.09 Å². The molecule has 2 aliphatic rings. The first-order valence-electron chi connectivity index (χ1n) is 12.1. The van der Waals surface area contributed by atoms with Crippen LogP contribution in [0.25, 0.3) is 22.4 Å². The van der Waals surface area contributed by atoms with E-state index in [1.54, 1.807) is 0 Å². The number of nitrogens with zero attached hydrogens (tertiary/aromatic N) is 3. The standard InChI is InChI=1S/C27H30N4O4/c1-27(2,3)35-26(34)28-19-11-14-30(15-12-19)25(33)18-9-7-17(8-10-18)24-29-21-6-4-5-20-22(32)13-16-31(24)23(20)21/h4-10,19H,11-16H2,1-3H3,(H,28,34). The van der Waals surface area contributed by atoms with Crippen molar-refractivity contribution in [2.75, 3.05) is 13.1 Å². The molecule has 0 unspecified atom stereocenters. The van der Waals surface area contributed by atoms with Gasteiger partial charge in [0.05, 0.1) is 11.0 Å². The average molecular weight is 475 g/mol. The largest absolute Gasteiger partial charge is 0.444 e. The fourth-order valence-electron chi connectivity index (χ4n) is 4.84. The van der Waals surface area contributed by atoms with Crippen molar-refractivity contribution in [3.8, 4) is 11.4 Å². The van der Waals surface area contributed by atoms with Crippen LogP contribution in [0.5, 0.6) is 0 Å². The molecule has 0 saturated carbocycles. The third-order valence-electron chi connectivity index (χ3n) is 6.52. The van der Waals surface area contributed by atoms with E-state index in [0.717, 1.165) is 28.0 Å². The maximum atomic E-state index is 13.1. The summed E-state index contributed by atoms with van der Waals surface area (Å²) >= 11 is 0. The van der Waals surface area contributed by atoms with Gasteiger partial charge in [-0.15, -0.1) is 0 Å². The molecule has 8 heteroatoms.